The summed E-state index contributed by atoms with van der Waals surface area (Å²) in [6.45, 7) is 0. The van der Waals surface area contributed by atoms with Gasteiger partial charge in [0.15, 0.2) is 0 Å². The van der Waals surface area contributed by atoms with Crippen molar-refractivity contribution in [3.8, 4) is 0 Å². The average molecular weight is 228 g/mol. The van der Waals surface area contributed by atoms with Crippen molar-refractivity contribution in [2.45, 2.75) is 24.5 Å². The minimum atomic E-state index is 0.727. The number of rotatable bonds is 2. The highest BCUT2D eigenvalue weighted by atomic mass is 35.5. The number of nitrogen functional groups attached to an aromatic ring is 1. The zero-order valence-corrected chi connectivity index (χ0v) is 9.57. The molecule has 1 atom stereocenters. The molecule has 1 aromatic rings. The van der Waals surface area contributed by atoms with Crippen LogP contribution < -0.4 is 5.73 Å². The molecule has 14 heavy (non-hydrogen) atoms. The highest BCUT2D eigenvalue weighted by Crippen LogP contribution is 2.31. The van der Waals surface area contributed by atoms with Crippen molar-refractivity contribution in [1.29, 1.82) is 0 Å². The second-order valence-corrected chi connectivity index (χ2v) is 5.53. The van der Waals surface area contributed by atoms with Crippen LogP contribution >= 0.6 is 23.4 Å². The van der Waals surface area contributed by atoms with Gasteiger partial charge in [0.25, 0.3) is 0 Å². The summed E-state index contributed by atoms with van der Waals surface area (Å²) in [5.41, 5.74) is 7.99. The zero-order chi connectivity index (χ0) is 9.97. The van der Waals surface area contributed by atoms with Crippen molar-refractivity contribution in [3.63, 3.8) is 0 Å². The highest BCUT2D eigenvalue weighted by molar-refractivity contribution is 8.00. The SMILES string of the molecule is Nc1cc(Cl)ccc1CC1CCCS1. The summed E-state index contributed by atoms with van der Waals surface area (Å²) in [5, 5.41) is 1.49. The van der Waals surface area contributed by atoms with E-state index < -0.39 is 0 Å². The molecular weight excluding hydrogens is 214 g/mol. The fourth-order valence-corrected chi connectivity index (χ4v) is 3.28. The molecule has 2 N–H and O–H groups in total. The van der Waals surface area contributed by atoms with E-state index >= 15 is 0 Å². The van der Waals surface area contributed by atoms with Crippen molar-refractivity contribution >= 4 is 29.1 Å². The number of benzene rings is 1. The monoisotopic (exact) mass is 227 g/mol. The van der Waals surface area contributed by atoms with Gasteiger partial charge < -0.3 is 5.73 Å². The summed E-state index contributed by atoms with van der Waals surface area (Å²) in [4.78, 5) is 0. The van der Waals surface area contributed by atoms with Gasteiger partial charge in [-0.25, -0.2) is 0 Å². The van der Waals surface area contributed by atoms with Crippen LogP contribution in [-0.4, -0.2) is 11.0 Å². The first-order valence-corrected chi connectivity index (χ1v) is 6.34. The maximum absolute atomic E-state index is 5.91. The quantitative estimate of drug-likeness (QED) is 0.785. The van der Waals surface area contributed by atoms with Crippen LogP contribution in [0.3, 0.4) is 0 Å². The van der Waals surface area contributed by atoms with Gasteiger partial charge in [0, 0.05) is 16.0 Å². The van der Waals surface area contributed by atoms with E-state index in [9.17, 15) is 0 Å². The topological polar surface area (TPSA) is 26.0 Å². The Morgan fingerprint density at radius 3 is 3.00 bits per heavy atom. The van der Waals surface area contributed by atoms with E-state index in [2.05, 4.69) is 17.8 Å². The molecule has 1 aliphatic heterocycles. The largest absolute Gasteiger partial charge is 0.398 e. The summed E-state index contributed by atoms with van der Waals surface area (Å²) < 4.78 is 0. The predicted octanol–water partition coefficient (Wildman–Crippen LogP) is 3.36. The average Bonchev–Trinajstić information content (AvgIpc) is 2.62. The number of anilines is 1. The molecule has 0 bridgehead atoms. The van der Waals surface area contributed by atoms with Crippen molar-refractivity contribution in [3.05, 3.63) is 28.8 Å². The molecule has 1 aliphatic rings. The number of hydrogen-bond acceptors (Lipinski definition) is 2. The van der Waals surface area contributed by atoms with Crippen LogP contribution in [0.2, 0.25) is 5.02 Å². The zero-order valence-electron chi connectivity index (χ0n) is 8.00. The third-order valence-corrected chi connectivity index (χ3v) is 4.21. The van der Waals surface area contributed by atoms with Gasteiger partial charge in [0.05, 0.1) is 0 Å². The summed E-state index contributed by atoms with van der Waals surface area (Å²) >= 11 is 7.91. The fraction of sp³-hybridized carbons (Fsp3) is 0.455. The van der Waals surface area contributed by atoms with Crippen molar-refractivity contribution in [2.75, 3.05) is 11.5 Å². The molecule has 1 unspecified atom stereocenters. The van der Waals surface area contributed by atoms with Crippen LogP contribution in [0.25, 0.3) is 0 Å². The van der Waals surface area contributed by atoms with Crippen LogP contribution in [0.4, 0.5) is 5.69 Å². The summed E-state index contributed by atoms with van der Waals surface area (Å²) in [6, 6.07) is 5.82. The van der Waals surface area contributed by atoms with Gasteiger partial charge >= 0.3 is 0 Å². The van der Waals surface area contributed by atoms with Gasteiger partial charge in [-0.1, -0.05) is 17.7 Å². The Kier molecular flexibility index (Phi) is 3.24. The third kappa shape index (κ3) is 2.37. The maximum Gasteiger partial charge on any atom is 0.0426 e. The third-order valence-electron chi connectivity index (χ3n) is 2.58. The predicted molar refractivity (Wildman–Crippen MR) is 65.0 cm³/mol. The van der Waals surface area contributed by atoms with Gasteiger partial charge in [-0.15, -0.1) is 0 Å². The molecule has 1 saturated heterocycles. The molecule has 1 aromatic carbocycles. The van der Waals surface area contributed by atoms with Gasteiger partial charge in [0.1, 0.15) is 0 Å². The van der Waals surface area contributed by atoms with E-state index in [0.717, 1.165) is 22.4 Å². The first-order valence-electron chi connectivity index (χ1n) is 4.91. The standard InChI is InChI=1S/C11H14ClNS/c12-9-4-3-8(11(13)7-9)6-10-2-1-5-14-10/h3-4,7,10H,1-2,5-6,13H2. The lowest BCUT2D eigenvalue weighted by molar-refractivity contribution is 0.778. The Morgan fingerprint density at radius 2 is 2.36 bits per heavy atom. The van der Waals surface area contributed by atoms with Crippen LogP contribution in [0.15, 0.2) is 18.2 Å². The van der Waals surface area contributed by atoms with E-state index in [4.69, 9.17) is 17.3 Å². The van der Waals surface area contributed by atoms with E-state index in [1.165, 1.54) is 24.2 Å². The van der Waals surface area contributed by atoms with Crippen molar-refractivity contribution < 1.29 is 0 Å². The molecule has 0 aliphatic carbocycles. The van der Waals surface area contributed by atoms with E-state index in [-0.39, 0.29) is 0 Å². The molecule has 0 saturated carbocycles. The lowest BCUT2D eigenvalue weighted by Gasteiger charge is -2.10. The summed E-state index contributed by atoms with van der Waals surface area (Å²) in [6.07, 6.45) is 3.77. The van der Waals surface area contributed by atoms with E-state index in [1.54, 1.807) is 0 Å². The molecule has 0 spiro atoms. The minimum Gasteiger partial charge on any atom is -0.398 e. The molecule has 0 radical (unpaired) electrons. The normalized spacial score (nSPS) is 21.4. The van der Waals surface area contributed by atoms with Gasteiger partial charge in [-0.3, -0.25) is 0 Å². The van der Waals surface area contributed by atoms with E-state index in [1.807, 2.05) is 12.1 Å². The summed E-state index contributed by atoms with van der Waals surface area (Å²) in [5.74, 6) is 1.30. The van der Waals surface area contributed by atoms with Crippen LogP contribution in [-0.2, 0) is 6.42 Å². The number of nitrogens with two attached hydrogens (primary N) is 1. The first kappa shape index (κ1) is 10.2. The molecule has 76 valence electrons. The van der Waals surface area contributed by atoms with Gasteiger partial charge in [-0.2, -0.15) is 11.8 Å². The Bertz CT molecular complexity index is 321. The Hall–Kier alpha value is -0.340. The molecule has 1 heterocycles. The summed E-state index contributed by atoms with van der Waals surface area (Å²) in [7, 11) is 0. The maximum atomic E-state index is 5.91. The molecular formula is C11H14ClNS. The Morgan fingerprint density at radius 1 is 1.50 bits per heavy atom. The molecule has 0 amide bonds. The first-order chi connectivity index (χ1) is 6.75. The van der Waals surface area contributed by atoms with Gasteiger partial charge in [0.2, 0.25) is 0 Å². The molecule has 2 rings (SSSR count). The molecule has 0 aromatic heterocycles. The number of thioether (sulfide) groups is 1. The highest BCUT2D eigenvalue weighted by Gasteiger charge is 2.16. The fourth-order valence-electron chi connectivity index (χ4n) is 1.80. The van der Waals surface area contributed by atoms with Gasteiger partial charge in [-0.05, 0) is 42.7 Å². The Labute approximate surface area is 94.0 Å². The lowest BCUT2D eigenvalue weighted by Crippen LogP contribution is -2.04. The Balaban J connectivity index is 2.08. The second kappa shape index (κ2) is 4.45. The molecule has 1 nitrogen and oxygen atoms in total. The lowest BCUT2D eigenvalue weighted by atomic mass is 10.1. The van der Waals surface area contributed by atoms with Crippen LogP contribution in [0.1, 0.15) is 18.4 Å². The number of hydrogen-bond donors (Lipinski definition) is 1. The van der Waals surface area contributed by atoms with Crippen molar-refractivity contribution in [2.24, 2.45) is 0 Å². The molecule has 3 heteroatoms. The smallest absolute Gasteiger partial charge is 0.0426 e. The second-order valence-electron chi connectivity index (χ2n) is 3.68. The van der Waals surface area contributed by atoms with Crippen molar-refractivity contribution in [1.82, 2.24) is 0 Å². The van der Waals surface area contributed by atoms with E-state index in [0.29, 0.717) is 0 Å². The van der Waals surface area contributed by atoms with Crippen LogP contribution in [0, 0.1) is 0 Å². The number of halogens is 1. The minimum absolute atomic E-state index is 0.727. The van der Waals surface area contributed by atoms with Crippen LogP contribution in [0.5, 0.6) is 0 Å². The molecule has 1 fully saturated rings.